The smallest absolute Gasteiger partial charge is 0.325 e. The number of methoxy groups -OCH3 is 1. The van der Waals surface area contributed by atoms with Gasteiger partial charge >= 0.3 is 6.03 Å². The van der Waals surface area contributed by atoms with E-state index in [1.54, 1.807) is 31.4 Å². The monoisotopic (exact) mass is 409 g/mol. The van der Waals surface area contributed by atoms with Gasteiger partial charge in [-0.3, -0.25) is 14.5 Å². The van der Waals surface area contributed by atoms with Crippen LogP contribution in [0.4, 0.5) is 10.5 Å². The van der Waals surface area contributed by atoms with E-state index in [1.807, 2.05) is 39.8 Å². The van der Waals surface area contributed by atoms with Gasteiger partial charge < -0.3 is 15.4 Å². The van der Waals surface area contributed by atoms with Crippen molar-refractivity contribution in [1.82, 2.24) is 10.2 Å². The molecule has 4 amide bonds. The van der Waals surface area contributed by atoms with Crippen molar-refractivity contribution in [3.8, 4) is 5.75 Å². The largest absolute Gasteiger partial charge is 0.497 e. The minimum atomic E-state index is -1.20. The number of imide groups is 1. The molecule has 30 heavy (non-hydrogen) atoms. The lowest BCUT2D eigenvalue weighted by Gasteiger charge is -2.26. The lowest BCUT2D eigenvalue weighted by atomic mass is 9.87. The van der Waals surface area contributed by atoms with Gasteiger partial charge in [-0.1, -0.05) is 36.8 Å². The first kappa shape index (κ1) is 21.4. The van der Waals surface area contributed by atoms with Crippen LogP contribution < -0.4 is 15.4 Å². The molecule has 1 atom stereocenters. The molecule has 0 bridgehead atoms. The van der Waals surface area contributed by atoms with Gasteiger partial charge in [-0.2, -0.15) is 0 Å². The van der Waals surface area contributed by atoms with E-state index in [0.717, 1.165) is 21.6 Å². The molecule has 0 spiro atoms. The van der Waals surface area contributed by atoms with Crippen LogP contribution in [0.25, 0.3) is 0 Å². The highest BCUT2D eigenvalue weighted by atomic mass is 16.5. The van der Waals surface area contributed by atoms with Gasteiger partial charge in [-0.25, -0.2) is 4.79 Å². The molecule has 3 rings (SSSR count). The zero-order valence-corrected chi connectivity index (χ0v) is 18.0. The van der Waals surface area contributed by atoms with Crippen LogP contribution in [0.1, 0.15) is 35.6 Å². The van der Waals surface area contributed by atoms with Gasteiger partial charge in [-0.15, -0.1) is 0 Å². The van der Waals surface area contributed by atoms with Gasteiger partial charge in [0.2, 0.25) is 5.91 Å². The first-order valence-corrected chi connectivity index (χ1v) is 9.88. The Labute approximate surface area is 176 Å². The van der Waals surface area contributed by atoms with Crippen molar-refractivity contribution < 1.29 is 19.1 Å². The first-order valence-electron chi connectivity index (χ1n) is 9.88. The van der Waals surface area contributed by atoms with Gasteiger partial charge in [0.1, 0.15) is 17.8 Å². The molecule has 1 aliphatic heterocycles. The molecule has 1 fully saturated rings. The molecule has 2 N–H and O–H groups in total. The number of carbonyl (C=O) groups excluding carboxylic acids is 3. The van der Waals surface area contributed by atoms with Gasteiger partial charge in [0.25, 0.3) is 5.91 Å². The number of urea groups is 1. The van der Waals surface area contributed by atoms with Crippen LogP contribution in [0.3, 0.4) is 0 Å². The number of carbonyl (C=O) groups is 3. The summed E-state index contributed by atoms with van der Waals surface area (Å²) in [5, 5.41) is 5.63. The SMILES string of the molecule is CC[C@]1(c2ccc(OC)cc2)NC(=O)N(CC(=O)Nc2c(C)cc(C)cc2C)C1=O. The van der Waals surface area contributed by atoms with Gasteiger partial charge in [-0.05, 0) is 56.0 Å². The quantitative estimate of drug-likeness (QED) is 0.716. The average molecular weight is 409 g/mol. The molecule has 2 aromatic carbocycles. The number of rotatable bonds is 6. The van der Waals surface area contributed by atoms with Gasteiger partial charge in [0.05, 0.1) is 7.11 Å². The molecule has 158 valence electrons. The van der Waals surface area contributed by atoms with Crippen molar-refractivity contribution in [1.29, 1.82) is 0 Å². The molecule has 7 heteroatoms. The summed E-state index contributed by atoms with van der Waals surface area (Å²) in [6, 6.07) is 10.4. The minimum absolute atomic E-state index is 0.352. The molecular formula is C23H27N3O4. The highest BCUT2D eigenvalue weighted by Crippen LogP contribution is 2.33. The maximum absolute atomic E-state index is 13.2. The van der Waals surface area contributed by atoms with Crippen molar-refractivity contribution >= 4 is 23.5 Å². The second-order valence-electron chi connectivity index (χ2n) is 7.63. The summed E-state index contributed by atoms with van der Waals surface area (Å²) >= 11 is 0. The van der Waals surface area contributed by atoms with E-state index < -0.39 is 23.4 Å². The standard InChI is InChI=1S/C23H27N3O4/c1-6-23(17-7-9-18(30-5)10-8-17)21(28)26(22(29)25-23)13-19(27)24-20-15(3)11-14(2)12-16(20)4/h7-12H,6,13H2,1-5H3,(H,24,27)(H,25,29)/t23-/m1/s1. The molecule has 1 aliphatic rings. The zero-order valence-electron chi connectivity index (χ0n) is 18.0. The van der Waals surface area contributed by atoms with Crippen LogP contribution in [0, 0.1) is 20.8 Å². The summed E-state index contributed by atoms with van der Waals surface area (Å²) in [6.45, 7) is 7.28. The third-order valence-electron chi connectivity index (χ3n) is 5.53. The van der Waals surface area contributed by atoms with E-state index in [1.165, 1.54) is 0 Å². The summed E-state index contributed by atoms with van der Waals surface area (Å²) in [4.78, 5) is 39.5. The normalized spacial score (nSPS) is 18.4. The third-order valence-corrected chi connectivity index (χ3v) is 5.53. The van der Waals surface area contributed by atoms with Crippen LogP contribution >= 0.6 is 0 Å². The van der Waals surface area contributed by atoms with E-state index in [4.69, 9.17) is 4.74 Å². The zero-order chi connectivity index (χ0) is 22.1. The first-order chi connectivity index (χ1) is 14.2. The molecule has 7 nitrogen and oxygen atoms in total. The van der Waals surface area contributed by atoms with E-state index in [9.17, 15) is 14.4 Å². The fraction of sp³-hybridized carbons (Fsp3) is 0.348. The van der Waals surface area contributed by atoms with E-state index in [0.29, 0.717) is 23.4 Å². The number of aryl methyl sites for hydroxylation is 3. The molecule has 0 aliphatic carbocycles. The van der Waals surface area contributed by atoms with Crippen molar-refractivity contribution in [3.63, 3.8) is 0 Å². The predicted molar refractivity (Wildman–Crippen MR) is 114 cm³/mol. The van der Waals surface area contributed by atoms with Crippen LogP contribution in [0.2, 0.25) is 0 Å². The lowest BCUT2D eigenvalue weighted by molar-refractivity contribution is -0.134. The van der Waals surface area contributed by atoms with Crippen molar-refractivity contribution in [2.75, 3.05) is 19.0 Å². The summed E-state index contributed by atoms with van der Waals surface area (Å²) in [5.74, 6) is -0.204. The summed E-state index contributed by atoms with van der Waals surface area (Å²) in [6.07, 6.45) is 0.359. The summed E-state index contributed by atoms with van der Waals surface area (Å²) in [7, 11) is 1.56. The van der Waals surface area contributed by atoms with Crippen molar-refractivity contribution in [2.45, 2.75) is 39.7 Å². The maximum atomic E-state index is 13.2. The molecule has 0 aromatic heterocycles. The van der Waals surface area contributed by atoms with Gasteiger partial charge in [0, 0.05) is 5.69 Å². The number of nitrogens with one attached hydrogen (secondary N) is 2. The Kier molecular flexibility index (Phi) is 5.82. The van der Waals surface area contributed by atoms with E-state index in [2.05, 4.69) is 10.6 Å². The Morgan fingerprint density at radius 3 is 2.23 bits per heavy atom. The minimum Gasteiger partial charge on any atom is -0.497 e. The second-order valence-corrected chi connectivity index (χ2v) is 7.63. The van der Waals surface area contributed by atoms with Gasteiger partial charge in [0.15, 0.2) is 0 Å². The molecule has 0 saturated carbocycles. The Morgan fingerprint density at radius 1 is 1.10 bits per heavy atom. The van der Waals surface area contributed by atoms with Crippen molar-refractivity contribution in [3.05, 3.63) is 58.7 Å². The highest BCUT2D eigenvalue weighted by Gasteiger charge is 2.51. The number of hydrogen-bond acceptors (Lipinski definition) is 4. The number of ether oxygens (including phenoxy) is 1. The summed E-state index contributed by atoms with van der Waals surface area (Å²) in [5.41, 5.74) is 3.12. The number of benzene rings is 2. The number of nitrogens with zero attached hydrogens (tertiary/aromatic N) is 1. The molecule has 2 aromatic rings. The number of anilines is 1. The Hall–Kier alpha value is -3.35. The lowest BCUT2D eigenvalue weighted by Crippen LogP contribution is -2.44. The average Bonchev–Trinajstić information content (AvgIpc) is 2.96. The van der Waals surface area contributed by atoms with Crippen LogP contribution in [-0.4, -0.2) is 36.4 Å². The fourth-order valence-corrected chi connectivity index (χ4v) is 3.98. The highest BCUT2D eigenvalue weighted by molar-refractivity contribution is 6.10. The van der Waals surface area contributed by atoms with Crippen molar-refractivity contribution in [2.24, 2.45) is 0 Å². The maximum Gasteiger partial charge on any atom is 0.325 e. The van der Waals surface area contributed by atoms with Crippen LogP contribution in [-0.2, 0) is 15.1 Å². The molecular weight excluding hydrogens is 382 g/mol. The molecule has 0 radical (unpaired) electrons. The Balaban J connectivity index is 1.81. The second kappa shape index (κ2) is 8.18. The molecule has 1 saturated heterocycles. The van der Waals surface area contributed by atoms with E-state index >= 15 is 0 Å². The fourth-order valence-electron chi connectivity index (χ4n) is 3.98. The number of amides is 4. The topological polar surface area (TPSA) is 87.7 Å². The molecule has 1 heterocycles. The Morgan fingerprint density at radius 2 is 1.70 bits per heavy atom. The van der Waals surface area contributed by atoms with Crippen LogP contribution in [0.5, 0.6) is 5.75 Å². The number of hydrogen-bond donors (Lipinski definition) is 2. The molecule has 0 unspecified atom stereocenters. The van der Waals surface area contributed by atoms with Crippen LogP contribution in [0.15, 0.2) is 36.4 Å². The third kappa shape index (κ3) is 3.75. The Bertz CT molecular complexity index is 977. The predicted octanol–water partition coefficient (Wildman–Crippen LogP) is 3.42. The van der Waals surface area contributed by atoms with E-state index in [-0.39, 0.29) is 6.54 Å². The summed E-state index contributed by atoms with van der Waals surface area (Å²) < 4.78 is 5.17.